The zero-order chi connectivity index (χ0) is 11.7. The largest absolute Gasteiger partial charge is 0.315 e. The lowest BCUT2D eigenvalue weighted by molar-refractivity contribution is 0.537. The average Bonchev–Trinajstić information content (AvgIpc) is 2.58. The van der Waals surface area contributed by atoms with Gasteiger partial charge in [0.25, 0.3) is 0 Å². The molecule has 0 amide bonds. The van der Waals surface area contributed by atoms with Crippen LogP contribution in [0.25, 0.3) is 0 Å². The maximum Gasteiger partial charge on any atom is 0.0694 e. The Bertz CT molecular complexity index is 364. The molecule has 2 atom stereocenters. The van der Waals surface area contributed by atoms with Crippen LogP contribution in [-0.2, 0) is 6.42 Å². The van der Waals surface area contributed by atoms with Gasteiger partial charge in [-0.05, 0) is 50.3 Å². The van der Waals surface area contributed by atoms with Crippen LogP contribution in [0.1, 0.15) is 28.7 Å². The minimum Gasteiger partial charge on any atom is -0.315 e. The van der Waals surface area contributed by atoms with Gasteiger partial charge in [0.15, 0.2) is 0 Å². The molecule has 1 saturated heterocycles. The lowest BCUT2D eigenvalue weighted by Crippen LogP contribution is -2.38. The molecule has 1 aliphatic heterocycles. The van der Waals surface area contributed by atoms with Gasteiger partial charge in [-0.1, -0.05) is 17.7 Å². The van der Waals surface area contributed by atoms with Crippen LogP contribution < -0.4 is 16.6 Å². The van der Waals surface area contributed by atoms with Crippen molar-refractivity contribution in [3.63, 3.8) is 0 Å². The van der Waals surface area contributed by atoms with Crippen molar-refractivity contribution in [1.82, 2.24) is 10.9 Å². The van der Waals surface area contributed by atoms with E-state index in [9.17, 15) is 0 Å². The summed E-state index contributed by atoms with van der Waals surface area (Å²) < 4.78 is 0. The Hall–Kier alpha value is -0.900. The van der Waals surface area contributed by atoms with Crippen molar-refractivity contribution in [1.29, 1.82) is 0 Å². The second-order valence-corrected chi connectivity index (χ2v) is 4.91. The molecule has 1 fully saturated rings. The number of nitrogens with two attached hydrogens (primary N) is 1. The van der Waals surface area contributed by atoms with Crippen molar-refractivity contribution in [2.24, 2.45) is 5.73 Å². The van der Waals surface area contributed by atoms with Gasteiger partial charge in [0, 0.05) is 6.04 Å². The van der Waals surface area contributed by atoms with Gasteiger partial charge in [-0.25, -0.2) is 5.43 Å². The first kappa shape index (κ1) is 11.6. The Morgan fingerprint density at radius 1 is 1.19 bits per heavy atom. The van der Waals surface area contributed by atoms with Crippen LogP contribution in [0.5, 0.6) is 0 Å². The molecule has 88 valence electrons. The third kappa shape index (κ3) is 2.43. The van der Waals surface area contributed by atoms with Crippen LogP contribution >= 0.6 is 0 Å². The Labute approximate surface area is 97.4 Å². The average molecular weight is 219 g/mol. The second-order valence-electron chi connectivity index (χ2n) is 4.91. The zero-order valence-corrected chi connectivity index (χ0v) is 10.3. The van der Waals surface area contributed by atoms with Gasteiger partial charge >= 0.3 is 0 Å². The first-order valence-corrected chi connectivity index (χ1v) is 5.89. The molecule has 0 bridgehead atoms. The SMILES string of the molecule is Cc1cc(C)c(CC2CC(N)NN2)c(C)c1. The topological polar surface area (TPSA) is 50.1 Å². The number of rotatable bonds is 2. The van der Waals surface area contributed by atoms with Crippen molar-refractivity contribution in [3.05, 3.63) is 34.4 Å². The van der Waals surface area contributed by atoms with Gasteiger partial charge in [-0.3, -0.25) is 5.43 Å². The van der Waals surface area contributed by atoms with Gasteiger partial charge in [0.1, 0.15) is 0 Å². The van der Waals surface area contributed by atoms with Gasteiger partial charge < -0.3 is 5.73 Å². The predicted octanol–water partition coefficient (Wildman–Crippen LogP) is 1.31. The Balaban J connectivity index is 2.15. The molecular weight excluding hydrogens is 198 g/mol. The molecule has 1 aliphatic rings. The molecule has 2 rings (SSSR count). The fourth-order valence-corrected chi connectivity index (χ4v) is 2.56. The zero-order valence-electron chi connectivity index (χ0n) is 10.3. The molecule has 0 aliphatic carbocycles. The molecule has 0 saturated carbocycles. The Morgan fingerprint density at radius 2 is 1.81 bits per heavy atom. The minimum absolute atomic E-state index is 0.0936. The third-order valence-electron chi connectivity index (χ3n) is 3.30. The fourth-order valence-electron chi connectivity index (χ4n) is 2.56. The van der Waals surface area contributed by atoms with Gasteiger partial charge in [0.05, 0.1) is 6.17 Å². The minimum atomic E-state index is 0.0936. The molecule has 16 heavy (non-hydrogen) atoms. The van der Waals surface area contributed by atoms with E-state index in [0.29, 0.717) is 6.04 Å². The molecule has 0 spiro atoms. The van der Waals surface area contributed by atoms with Crippen LogP contribution in [0.15, 0.2) is 12.1 Å². The van der Waals surface area contributed by atoms with E-state index < -0.39 is 0 Å². The number of benzene rings is 1. The lowest BCUT2D eigenvalue weighted by atomic mass is 9.94. The number of hydrogen-bond acceptors (Lipinski definition) is 3. The van der Waals surface area contributed by atoms with Crippen LogP contribution in [0.3, 0.4) is 0 Å². The normalized spacial score (nSPS) is 25.0. The van der Waals surface area contributed by atoms with Crippen molar-refractivity contribution < 1.29 is 0 Å². The van der Waals surface area contributed by atoms with Gasteiger partial charge in [-0.2, -0.15) is 0 Å². The van der Waals surface area contributed by atoms with E-state index in [2.05, 4.69) is 43.8 Å². The summed E-state index contributed by atoms with van der Waals surface area (Å²) in [6, 6.07) is 4.96. The highest BCUT2D eigenvalue weighted by Gasteiger charge is 2.21. The first-order valence-electron chi connectivity index (χ1n) is 5.89. The van der Waals surface area contributed by atoms with E-state index in [1.54, 1.807) is 0 Å². The van der Waals surface area contributed by atoms with Crippen LogP contribution in [-0.4, -0.2) is 12.2 Å². The van der Waals surface area contributed by atoms with E-state index in [0.717, 1.165) is 12.8 Å². The summed E-state index contributed by atoms with van der Waals surface area (Å²) in [5, 5.41) is 0. The molecule has 0 radical (unpaired) electrons. The lowest BCUT2D eigenvalue weighted by Gasteiger charge is -2.15. The Kier molecular flexibility index (Phi) is 3.28. The number of aryl methyl sites for hydroxylation is 3. The maximum absolute atomic E-state index is 5.81. The molecule has 0 aromatic heterocycles. The maximum atomic E-state index is 5.81. The Morgan fingerprint density at radius 3 is 2.31 bits per heavy atom. The smallest absolute Gasteiger partial charge is 0.0694 e. The van der Waals surface area contributed by atoms with E-state index in [1.165, 1.54) is 22.3 Å². The summed E-state index contributed by atoms with van der Waals surface area (Å²) >= 11 is 0. The molecule has 1 aromatic rings. The summed E-state index contributed by atoms with van der Waals surface area (Å²) in [6.45, 7) is 6.53. The molecule has 1 heterocycles. The van der Waals surface area contributed by atoms with Crippen molar-refractivity contribution in [2.45, 2.75) is 45.8 Å². The molecule has 2 unspecified atom stereocenters. The van der Waals surface area contributed by atoms with Gasteiger partial charge in [-0.15, -0.1) is 0 Å². The third-order valence-corrected chi connectivity index (χ3v) is 3.30. The molecule has 3 heteroatoms. The van der Waals surface area contributed by atoms with Crippen molar-refractivity contribution >= 4 is 0 Å². The molecule has 3 nitrogen and oxygen atoms in total. The number of hydrazine groups is 1. The van der Waals surface area contributed by atoms with Crippen LogP contribution in [0.2, 0.25) is 0 Å². The predicted molar refractivity (Wildman–Crippen MR) is 67.0 cm³/mol. The molecular formula is C13H21N3. The molecule has 1 aromatic carbocycles. The van der Waals surface area contributed by atoms with Crippen molar-refractivity contribution in [3.8, 4) is 0 Å². The standard InChI is InChI=1S/C13H21N3/c1-8-4-9(2)12(10(3)5-8)6-11-7-13(14)16-15-11/h4-5,11,13,15-16H,6-7,14H2,1-3H3. The van der Waals surface area contributed by atoms with Crippen LogP contribution in [0, 0.1) is 20.8 Å². The summed E-state index contributed by atoms with van der Waals surface area (Å²) in [6.07, 6.45) is 2.14. The van der Waals surface area contributed by atoms with E-state index in [-0.39, 0.29) is 6.17 Å². The first-order chi connectivity index (χ1) is 7.56. The van der Waals surface area contributed by atoms with Crippen LogP contribution in [0.4, 0.5) is 0 Å². The van der Waals surface area contributed by atoms with E-state index in [1.807, 2.05) is 0 Å². The number of hydrogen-bond donors (Lipinski definition) is 3. The second kappa shape index (κ2) is 4.53. The van der Waals surface area contributed by atoms with E-state index >= 15 is 0 Å². The summed E-state index contributed by atoms with van der Waals surface area (Å²) in [4.78, 5) is 0. The highest BCUT2D eigenvalue weighted by Crippen LogP contribution is 2.19. The van der Waals surface area contributed by atoms with Crippen molar-refractivity contribution in [2.75, 3.05) is 0 Å². The summed E-state index contributed by atoms with van der Waals surface area (Å²) in [7, 11) is 0. The summed E-state index contributed by atoms with van der Waals surface area (Å²) in [5.74, 6) is 0. The van der Waals surface area contributed by atoms with Gasteiger partial charge in [0.2, 0.25) is 0 Å². The van der Waals surface area contributed by atoms with E-state index in [4.69, 9.17) is 5.73 Å². The molecule has 4 N–H and O–H groups in total. The number of nitrogens with one attached hydrogen (secondary N) is 2. The fraction of sp³-hybridized carbons (Fsp3) is 0.538. The summed E-state index contributed by atoms with van der Waals surface area (Å²) in [5.41, 5.74) is 17.7. The highest BCUT2D eigenvalue weighted by atomic mass is 15.4. The highest BCUT2D eigenvalue weighted by molar-refractivity contribution is 5.38. The quantitative estimate of drug-likeness (QED) is 0.703. The monoisotopic (exact) mass is 219 g/mol.